The number of nitrogens with zero attached hydrogens (tertiary/aromatic N) is 1. The molecule has 136 valence electrons. The van der Waals surface area contributed by atoms with E-state index in [2.05, 4.69) is 5.32 Å². The van der Waals surface area contributed by atoms with Gasteiger partial charge in [-0.1, -0.05) is 30.3 Å². The Kier molecular flexibility index (Phi) is 5.79. The van der Waals surface area contributed by atoms with Crippen molar-refractivity contribution in [3.8, 4) is 5.75 Å². The number of fused-ring (bicyclic) bond motifs is 1. The second-order valence-corrected chi connectivity index (χ2v) is 5.83. The predicted molar refractivity (Wildman–Crippen MR) is 105 cm³/mol. The second kappa shape index (κ2) is 8.62. The van der Waals surface area contributed by atoms with Crippen molar-refractivity contribution in [3.05, 3.63) is 88.5 Å². The molecule has 1 N–H and O–H groups in total. The van der Waals surface area contributed by atoms with E-state index in [1.807, 2.05) is 42.5 Å². The number of hydrogen-bond donors (Lipinski definition) is 1. The van der Waals surface area contributed by atoms with Gasteiger partial charge in [0.15, 0.2) is 0 Å². The van der Waals surface area contributed by atoms with Gasteiger partial charge in [0.25, 0.3) is 5.69 Å². The van der Waals surface area contributed by atoms with E-state index < -0.39 is 4.92 Å². The van der Waals surface area contributed by atoms with E-state index >= 15 is 0 Å². The molecule has 0 aliphatic carbocycles. The van der Waals surface area contributed by atoms with E-state index in [-0.39, 0.29) is 11.6 Å². The first-order valence-corrected chi connectivity index (χ1v) is 8.44. The highest BCUT2D eigenvalue weighted by molar-refractivity contribution is 5.91. The van der Waals surface area contributed by atoms with Crippen LogP contribution in [-0.2, 0) is 4.79 Å². The van der Waals surface area contributed by atoms with Gasteiger partial charge in [0.05, 0.1) is 11.5 Å². The fourth-order valence-electron chi connectivity index (χ4n) is 2.54. The Balaban J connectivity index is 1.44. The second-order valence-electron chi connectivity index (χ2n) is 5.83. The standard InChI is InChI=1S/C21H18N2O4/c24-21(12-7-16-5-9-19(10-6-16)23(25)26)22-13-14-27-20-11-8-17-3-1-2-4-18(17)15-20/h1-12,15H,13-14H2,(H,22,24)/b12-7+. The molecular weight excluding hydrogens is 344 g/mol. The van der Waals surface area contributed by atoms with Crippen LogP contribution in [0.4, 0.5) is 5.69 Å². The van der Waals surface area contributed by atoms with Crippen LogP contribution in [0.2, 0.25) is 0 Å². The van der Waals surface area contributed by atoms with Crippen molar-refractivity contribution in [1.29, 1.82) is 0 Å². The molecule has 3 aromatic rings. The van der Waals surface area contributed by atoms with Crippen LogP contribution in [0.1, 0.15) is 5.56 Å². The predicted octanol–water partition coefficient (Wildman–Crippen LogP) is 3.96. The quantitative estimate of drug-likeness (QED) is 0.299. The molecule has 0 spiro atoms. The zero-order valence-electron chi connectivity index (χ0n) is 14.5. The van der Waals surface area contributed by atoms with E-state index in [0.717, 1.165) is 16.5 Å². The van der Waals surface area contributed by atoms with E-state index in [1.165, 1.54) is 18.2 Å². The average Bonchev–Trinajstić information content (AvgIpc) is 2.70. The summed E-state index contributed by atoms with van der Waals surface area (Å²) in [5, 5.41) is 15.6. The minimum Gasteiger partial charge on any atom is -0.492 e. The Hall–Kier alpha value is -3.67. The monoisotopic (exact) mass is 362 g/mol. The summed E-state index contributed by atoms with van der Waals surface area (Å²) in [7, 11) is 0. The number of benzene rings is 3. The molecule has 0 fully saturated rings. The van der Waals surface area contributed by atoms with Crippen molar-refractivity contribution in [1.82, 2.24) is 5.32 Å². The molecule has 0 heterocycles. The summed E-state index contributed by atoms with van der Waals surface area (Å²) in [6.07, 6.45) is 2.99. The van der Waals surface area contributed by atoms with Crippen LogP contribution in [0.5, 0.6) is 5.75 Å². The zero-order valence-corrected chi connectivity index (χ0v) is 14.5. The van der Waals surface area contributed by atoms with Crippen LogP contribution in [-0.4, -0.2) is 24.0 Å². The van der Waals surface area contributed by atoms with Crippen LogP contribution < -0.4 is 10.1 Å². The maximum Gasteiger partial charge on any atom is 0.269 e. The Labute approximate surface area is 156 Å². The van der Waals surface area contributed by atoms with Crippen molar-refractivity contribution in [2.75, 3.05) is 13.2 Å². The summed E-state index contributed by atoms with van der Waals surface area (Å²) in [5.41, 5.74) is 0.727. The summed E-state index contributed by atoms with van der Waals surface area (Å²) in [6.45, 7) is 0.728. The van der Waals surface area contributed by atoms with E-state index in [1.54, 1.807) is 18.2 Å². The lowest BCUT2D eigenvalue weighted by atomic mass is 10.1. The highest BCUT2D eigenvalue weighted by Crippen LogP contribution is 2.20. The first-order valence-electron chi connectivity index (χ1n) is 8.44. The molecule has 27 heavy (non-hydrogen) atoms. The maximum atomic E-state index is 11.8. The molecule has 6 heteroatoms. The van der Waals surface area contributed by atoms with E-state index in [4.69, 9.17) is 4.74 Å². The third kappa shape index (κ3) is 5.15. The normalized spacial score (nSPS) is 10.8. The van der Waals surface area contributed by atoms with Crippen molar-refractivity contribution in [2.24, 2.45) is 0 Å². The lowest BCUT2D eigenvalue weighted by molar-refractivity contribution is -0.384. The number of non-ortho nitro benzene ring substituents is 1. The Morgan fingerprint density at radius 1 is 1.04 bits per heavy atom. The summed E-state index contributed by atoms with van der Waals surface area (Å²) < 4.78 is 5.66. The molecule has 0 saturated heterocycles. The smallest absolute Gasteiger partial charge is 0.269 e. The average molecular weight is 362 g/mol. The molecule has 0 radical (unpaired) electrons. The number of rotatable bonds is 7. The van der Waals surface area contributed by atoms with Crippen LogP contribution >= 0.6 is 0 Å². The first kappa shape index (κ1) is 18.1. The molecular formula is C21H18N2O4. The van der Waals surface area contributed by atoms with E-state index in [0.29, 0.717) is 18.7 Å². The fraction of sp³-hybridized carbons (Fsp3) is 0.0952. The molecule has 0 aliphatic heterocycles. The van der Waals surface area contributed by atoms with Gasteiger partial charge in [-0.05, 0) is 46.7 Å². The maximum absolute atomic E-state index is 11.8. The number of nitro benzene ring substituents is 1. The highest BCUT2D eigenvalue weighted by Gasteiger charge is 2.03. The molecule has 3 rings (SSSR count). The SMILES string of the molecule is O=C(/C=C/c1ccc([N+](=O)[O-])cc1)NCCOc1ccc2ccccc2c1. The lowest BCUT2D eigenvalue weighted by Crippen LogP contribution is -2.26. The minimum absolute atomic E-state index is 0.0161. The topological polar surface area (TPSA) is 81.5 Å². The van der Waals surface area contributed by atoms with Crippen molar-refractivity contribution in [2.45, 2.75) is 0 Å². The molecule has 0 atom stereocenters. The fourth-order valence-corrected chi connectivity index (χ4v) is 2.54. The van der Waals surface area contributed by atoms with Gasteiger partial charge in [-0.25, -0.2) is 0 Å². The molecule has 3 aromatic carbocycles. The van der Waals surface area contributed by atoms with Gasteiger partial charge in [0.1, 0.15) is 12.4 Å². The molecule has 0 aliphatic rings. The number of nitro groups is 1. The van der Waals surface area contributed by atoms with Crippen LogP contribution in [0, 0.1) is 10.1 Å². The lowest BCUT2D eigenvalue weighted by Gasteiger charge is -2.07. The summed E-state index contributed by atoms with van der Waals surface area (Å²) in [4.78, 5) is 22.0. The Morgan fingerprint density at radius 2 is 1.78 bits per heavy atom. The largest absolute Gasteiger partial charge is 0.492 e. The highest BCUT2D eigenvalue weighted by atomic mass is 16.6. The minimum atomic E-state index is -0.463. The molecule has 0 unspecified atom stereocenters. The van der Waals surface area contributed by atoms with Gasteiger partial charge in [0.2, 0.25) is 5.91 Å². The number of carbonyl (C=O) groups is 1. The number of hydrogen-bond acceptors (Lipinski definition) is 4. The van der Waals surface area contributed by atoms with Gasteiger partial charge < -0.3 is 10.1 Å². The van der Waals surface area contributed by atoms with Gasteiger partial charge in [-0.15, -0.1) is 0 Å². The van der Waals surface area contributed by atoms with Crippen molar-refractivity contribution >= 4 is 28.4 Å². The van der Waals surface area contributed by atoms with Crippen LogP contribution in [0.15, 0.2) is 72.8 Å². The number of amides is 1. The third-order valence-corrected chi connectivity index (χ3v) is 3.92. The number of ether oxygens (including phenoxy) is 1. The van der Waals surface area contributed by atoms with Gasteiger partial charge >= 0.3 is 0 Å². The molecule has 1 amide bonds. The first-order chi connectivity index (χ1) is 13.1. The van der Waals surface area contributed by atoms with Gasteiger partial charge in [-0.2, -0.15) is 0 Å². The van der Waals surface area contributed by atoms with Crippen molar-refractivity contribution in [3.63, 3.8) is 0 Å². The van der Waals surface area contributed by atoms with Crippen LogP contribution in [0.25, 0.3) is 16.8 Å². The Bertz CT molecular complexity index is 981. The van der Waals surface area contributed by atoms with Gasteiger partial charge in [0, 0.05) is 18.2 Å². The Morgan fingerprint density at radius 3 is 2.52 bits per heavy atom. The number of nitrogens with one attached hydrogen (secondary N) is 1. The zero-order chi connectivity index (χ0) is 19.1. The van der Waals surface area contributed by atoms with Crippen LogP contribution in [0.3, 0.4) is 0 Å². The van der Waals surface area contributed by atoms with E-state index in [9.17, 15) is 14.9 Å². The summed E-state index contributed by atoms with van der Waals surface area (Å²) in [6, 6.07) is 19.9. The van der Waals surface area contributed by atoms with Crippen molar-refractivity contribution < 1.29 is 14.5 Å². The molecule has 0 bridgehead atoms. The summed E-state index contributed by atoms with van der Waals surface area (Å²) in [5.74, 6) is 0.500. The summed E-state index contributed by atoms with van der Waals surface area (Å²) >= 11 is 0. The molecule has 6 nitrogen and oxygen atoms in total. The third-order valence-electron chi connectivity index (χ3n) is 3.92. The number of carbonyl (C=O) groups excluding carboxylic acids is 1. The molecule has 0 saturated carbocycles. The van der Waals surface area contributed by atoms with Gasteiger partial charge in [-0.3, -0.25) is 14.9 Å². The molecule has 0 aromatic heterocycles.